The van der Waals surface area contributed by atoms with Crippen molar-refractivity contribution in [1.82, 2.24) is 36.0 Å². The maximum absolute atomic E-state index is 13.5. The SMILES string of the molecule is O=C1CCCN(C(=O)c2onc3ncccc23)CCNC(=O)[C@H](Cc2ccccc2)NC(=O)c2cc(ccn2)NCCN1. The Bertz CT molecular complexity index is 1590. The van der Waals surface area contributed by atoms with Gasteiger partial charge in [-0.3, -0.25) is 24.2 Å². The molecule has 1 aliphatic rings. The van der Waals surface area contributed by atoms with Crippen molar-refractivity contribution in [2.45, 2.75) is 25.3 Å². The number of anilines is 1. The number of aromatic nitrogens is 3. The molecule has 4 amide bonds. The topological polar surface area (TPSA) is 171 Å². The predicted molar refractivity (Wildman–Crippen MR) is 157 cm³/mol. The molecule has 1 aliphatic heterocycles. The first kappa shape index (κ1) is 29.2. The van der Waals surface area contributed by atoms with Crippen molar-refractivity contribution in [3.8, 4) is 0 Å². The van der Waals surface area contributed by atoms with Crippen molar-refractivity contribution in [2.24, 2.45) is 0 Å². The van der Waals surface area contributed by atoms with Crippen molar-refractivity contribution in [3.05, 3.63) is 84.0 Å². The first-order valence-corrected chi connectivity index (χ1v) is 14.1. The molecule has 1 atom stereocenters. The molecule has 222 valence electrons. The van der Waals surface area contributed by atoms with Crippen LogP contribution in [-0.2, 0) is 16.0 Å². The highest BCUT2D eigenvalue weighted by molar-refractivity contribution is 6.02. The predicted octanol–water partition coefficient (Wildman–Crippen LogP) is 1.54. The summed E-state index contributed by atoms with van der Waals surface area (Å²) in [6.07, 6.45) is 3.90. The summed E-state index contributed by atoms with van der Waals surface area (Å²) >= 11 is 0. The van der Waals surface area contributed by atoms with Crippen LogP contribution in [0.3, 0.4) is 0 Å². The third kappa shape index (κ3) is 7.70. The molecule has 43 heavy (non-hydrogen) atoms. The zero-order valence-electron chi connectivity index (χ0n) is 23.4. The molecule has 0 radical (unpaired) electrons. The van der Waals surface area contributed by atoms with Gasteiger partial charge in [0.1, 0.15) is 11.7 Å². The molecule has 0 aliphatic carbocycles. The highest BCUT2D eigenvalue weighted by Crippen LogP contribution is 2.18. The minimum Gasteiger partial charge on any atom is -0.383 e. The van der Waals surface area contributed by atoms with E-state index in [2.05, 4.69) is 36.4 Å². The number of carbonyl (C=O) groups excluding carboxylic acids is 4. The fourth-order valence-corrected chi connectivity index (χ4v) is 4.72. The minimum atomic E-state index is -0.898. The van der Waals surface area contributed by atoms with Crippen molar-refractivity contribution >= 4 is 40.3 Å². The van der Waals surface area contributed by atoms with E-state index in [1.165, 1.54) is 11.1 Å². The van der Waals surface area contributed by atoms with Gasteiger partial charge in [-0.2, -0.15) is 0 Å². The Hall–Kier alpha value is -5.33. The molecule has 0 spiro atoms. The maximum atomic E-state index is 13.5. The monoisotopic (exact) mass is 584 g/mol. The zero-order chi connectivity index (χ0) is 30.0. The number of amides is 4. The number of nitrogens with one attached hydrogen (secondary N) is 4. The number of hydrogen-bond donors (Lipinski definition) is 4. The summed E-state index contributed by atoms with van der Waals surface area (Å²) in [6, 6.07) is 15.1. The molecular formula is C30H32N8O5. The summed E-state index contributed by atoms with van der Waals surface area (Å²) in [5, 5.41) is 16.0. The lowest BCUT2D eigenvalue weighted by Gasteiger charge is -2.23. The van der Waals surface area contributed by atoms with Gasteiger partial charge in [0, 0.05) is 63.6 Å². The standard InChI is InChI=1S/C30H32N8O5/c39-25-9-5-16-38(30(42)26-22-8-4-11-34-27(22)37-43-26)17-15-35-28(40)24(18-20-6-2-1-3-7-20)36-29(41)23-19-21(10-12-32-23)31-13-14-33-25/h1-4,6-8,10-12,19,24,31H,5,9,13-18H2,(H,33,39)(H,35,40)(H,36,41)/t24-/m0/s1. The normalized spacial score (nSPS) is 17.4. The zero-order valence-corrected chi connectivity index (χ0v) is 23.4. The van der Waals surface area contributed by atoms with E-state index in [1.807, 2.05) is 30.3 Å². The van der Waals surface area contributed by atoms with Crippen LogP contribution in [0.25, 0.3) is 11.0 Å². The van der Waals surface area contributed by atoms with E-state index in [9.17, 15) is 19.2 Å². The molecular weight excluding hydrogens is 552 g/mol. The van der Waals surface area contributed by atoms with E-state index < -0.39 is 23.8 Å². The summed E-state index contributed by atoms with van der Waals surface area (Å²) in [7, 11) is 0. The van der Waals surface area contributed by atoms with Crippen LogP contribution >= 0.6 is 0 Å². The first-order valence-electron chi connectivity index (χ1n) is 14.1. The Labute approximate surface area is 247 Å². The largest absolute Gasteiger partial charge is 0.383 e. The quantitative estimate of drug-likeness (QED) is 0.279. The van der Waals surface area contributed by atoms with Crippen LogP contribution in [0.4, 0.5) is 5.69 Å². The van der Waals surface area contributed by atoms with Gasteiger partial charge in [-0.25, -0.2) is 4.98 Å². The van der Waals surface area contributed by atoms with Crippen LogP contribution in [-0.4, -0.2) is 82.4 Å². The van der Waals surface area contributed by atoms with E-state index in [4.69, 9.17) is 4.52 Å². The summed E-state index contributed by atoms with van der Waals surface area (Å²) < 4.78 is 5.33. The third-order valence-corrected chi connectivity index (χ3v) is 6.92. The van der Waals surface area contributed by atoms with Gasteiger partial charge in [-0.15, -0.1) is 0 Å². The molecule has 3 aromatic heterocycles. The third-order valence-electron chi connectivity index (χ3n) is 6.92. The number of pyridine rings is 2. The molecule has 4 heterocycles. The number of fused-ring (bicyclic) bond motifs is 3. The molecule has 0 fully saturated rings. The van der Waals surface area contributed by atoms with Gasteiger partial charge >= 0.3 is 0 Å². The Morgan fingerprint density at radius 2 is 1.74 bits per heavy atom. The van der Waals surface area contributed by atoms with Crippen LogP contribution in [0.2, 0.25) is 0 Å². The second kappa shape index (κ2) is 14.0. The van der Waals surface area contributed by atoms with Crippen LogP contribution in [0.5, 0.6) is 0 Å². The van der Waals surface area contributed by atoms with Gasteiger partial charge in [0.05, 0.1) is 5.39 Å². The molecule has 0 saturated heterocycles. The number of benzene rings is 1. The summed E-state index contributed by atoms with van der Waals surface area (Å²) in [5.41, 5.74) is 1.97. The van der Waals surface area contributed by atoms with Gasteiger partial charge < -0.3 is 30.7 Å². The van der Waals surface area contributed by atoms with E-state index in [0.717, 1.165) is 5.56 Å². The average molecular weight is 585 g/mol. The molecule has 4 N–H and O–H groups in total. The van der Waals surface area contributed by atoms with Crippen molar-refractivity contribution in [1.29, 1.82) is 0 Å². The number of rotatable bonds is 3. The minimum absolute atomic E-state index is 0.0341. The van der Waals surface area contributed by atoms with Gasteiger partial charge in [0.25, 0.3) is 11.8 Å². The number of hydrogen-bond acceptors (Lipinski definition) is 9. The lowest BCUT2D eigenvalue weighted by molar-refractivity contribution is -0.123. The molecule has 0 saturated carbocycles. The van der Waals surface area contributed by atoms with Gasteiger partial charge in [-0.05, 0) is 36.2 Å². The summed E-state index contributed by atoms with van der Waals surface area (Å²) in [6.45, 7) is 1.26. The Balaban J connectivity index is 1.36. The molecule has 1 aromatic carbocycles. The highest BCUT2D eigenvalue weighted by Gasteiger charge is 2.26. The van der Waals surface area contributed by atoms with Gasteiger partial charge in [0.2, 0.25) is 23.2 Å². The van der Waals surface area contributed by atoms with E-state index in [0.29, 0.717) is 36.2 Å². The van der Waals surface area contributed by atoms with Crippen molar-refractivity contribution in [3.63, 3.8) is 0 Å². The number of nitrogens with zero attached hydrogens (tertiary/aromatic N) is 4. The summed E-state index contributed by atoms with van der Waals surface area (Å²) in [4.78, 5) is 62.3. The molecule has 13 heteroatoms. The van der Waals surface area contributed by atoms with Gasteiger partial charge in [0.15, 0.2) is 0 Å². The summed E-state index contributed by atoms with van der Waals surface area (Å²) in [5.74, 6) is -1.47. The first-order chi connectivity index (χ1) is 21.0. The average Bonchev–Trinajstić information content (AvgIpc) is 3.46. The number of carbonyl (C=O) groups is 4. The van der Waals surface area contributed by atoms with Crippen molar-refractivity contribution in [2.75, 3.05) is 38.0 Å². The van der Waals surface area contributed by atoms with E-state index in [1.54, 1.807) is 30.5 Å². The van der Waals surface area contributed by atoms with Gasteiger partial charge in [-0.1, -0.05) is 35.5 Å². The molecule has 4 aromatic rings. The Kier molecular flexibility index (Phi) is 9.52. The van der Waals surface area contributed by atoms with Crippen LogP contribution in [0.1, 0.15) is 39.4 Å². The van der Waals surface area contributed by atoms with E-state index in [-0.39, 0.29) is 49.8 Å². The fourth-order valence-electron chi connectivity index (χ4n) is 4.72. The second-order valence-corrected chi connectivity index (χ2v) is 10.00. The molecule has 0 unspecified atom stereocenters. The smallest absolute Gasteiger partial charge is 0.293 e. The maximum Gasteiger partial charge on any atom is 0.293 e. The van der Waals surface area contributed by atoms with Crippen LogP contribution in [0.15, 0.2) is 71.5 Å². The Morgan fingerprint density at radius 1 is 0.907 bits per heavy atom. The molecule has 2 bridgehead atoms. The lowest BCUT2D eigenvalue weighted by atomic mass is 10.0. The van der Waals surface area contributed by atoms with Crippen LogP contribution in [0, 0.1) is 0 Å². The highest BCUT2D eigenvalue weighted by atomic mass is 16.5. The second-order valence-electron chi connectivity index (χ2n) is 10.00. The van der Waals surface area contributed by atoms with Crippen molar-refractivity contribution < 1.29 is 23.7 Å². The fraction of sp³-hybridized carbons (Fsp3) is 0.300. The molecule has 5 rings (SSSR count). The molecule has 13 nitrogen and oxygen atoms in total. The van der Waals surface area contributed by atoms with E-state index >= 15 is 0 Å². The lowest BCUT2D eigenvalue weighted by Crippen LogP contribution is -2.50. The Morgan fingerprint density at radius 3 is 2.60 bits per heavy atom. The van der Waals surface area contributed by atoms with Crippen LogP contribution < -0.4 is 21.3 Å².